The molecular weight excluding hydrogens is 224 g/mol. The molecule has 0 aliphatic heterocycles. The monoisotopic (exact) mass is 250 g/mol. The van der Waals surface area contributed by atoms with E-state index in [1.165, 1.54) is 19.3 Å². The quantitative estimate of drug-likeness (QED) is 0.871. The highest BCUT2D eigenvalue weighted by Crippen LogP contribution is 2.31. The number of aromatic nitrogens is 3. The molecule has 1 N–H and O–H groups in total. The van der Waals surface area contributed by atoms with Gasteiger partial charge in [-0.15, -0.1) is 0 Å². The Morgan fingerprint density at radius 3 is 2.94 bits per heavy atom. The van der Waals surface area contributed by atoms with Gasteiger partial charge in [-0.05, 0) is 44.6 Å². The van der Waals surface area contributed by atoms with Crippen LogP contribution in [0.5, 0.6) is 0 Å². The summed E-state index contributed by atoms with van der Waals surface area (Å²) >= 11 is 0. The summed E-state index contributed by atoms with van der Waals surface area (Å²) in [7, 11) is 0. The van der Waals surface area contributed by atoms with Crippen LogP contribution in [0.4, 0.5) is 0 Å². The number of nitrogens with one attached hydrogen (secondary N) is 1. The second-order valence-electron chi connectivity index (χ2n) is 5.54. The van der Waals surface area contributed by atoms with Crippen molar-refractivity contribution in [2.45, 2.75) is 59.0 Å². The molecular formula is C14H26N4. The molecule has 0 saturated heterocycles. The van der Waals surface area contributed by atoms with Gasteiger partial charge in [-0.3, -0.25) is 4.68 Å². The van der Waals surface area contributed by atoms with Crippen LogP contribution >= 0.6 is 0 Å². The molecule has 1 aliphatic carbocycles. The third-order valence-corrected chi connectivity index (χ3v) is 4.15. The van der Waals surface area contributed by atoms with Crippen LogP contribution < -0.4 is 5.32 Å². The standard InChI is InChI=1S/C14H26N4/c1-4-15-13-7-6-11(3)8-12(13)9-14-16-10-17-18(14)5-2/h10-13,15H,4-9H2,1-3H3. The summed E-state index contributed by atoms with van der Waals surface area (Å²) in [6, 6.07) is 0.660. The summed E-state index contributed by atoms with van der Waals surface area (Å²) < 4.78 is 2.03. The van der Waals surface area contributed by atoms with Gasteiger partial charge in [0.1, 0.15) is 12.2 Å². The number of aryl methyl sites for hydroxylation is 1. The summed E-state index contributed by atoms with van der Waals surface area (Å²) in [5.74, 6) is 2.71. The Labute approximate surface area is 110 Å². The number of nitrogens with zero attached hydrogens (tertiary/aromatic N) is 3. The van der Waals surface area contributed by atoms with Crippen LogP contribution in [0.25, 0.3) is 0 Å². The zero-order chi connectivity index (χ0) is 13.0. The smallest absolute Gasteiger partial charge is 0.138 e. The molecule has 1 saturated carbocycles. The normalized spacial score (nSPS) is 28.5. The van der Waals surface area contributed by atoms with E-state index in [1.807, 2.05) is 4.68 Å². The van der Waals surface area contributed by atoms with Crippen molar-refractivity contribution < 1.29 is 0 Å². The number of hydrogen-bond donors (Lipinski definition) is 1. The van der Waals surface area contributed by atoms with Gasteiger partial charge in [0.05, 0.1) is 0 Å². The maximum absolute atomic E-state index is 4.42. The van der Waals surface area contributed by atoms with Crippen molar-refractivity contribution in [2.75, 3.05) is 6.54 Å². The van der Waals surface area contributed by atoms with Crippen molar-refractivity contribution in [3.05, 3.63) is 12.2 Å². The lowest BCUT2D eigenvalue weighted by Crippen LogP contribution is -2.41. The number of rotatable bonds is 5. The second kappa shape index (κ2) is 6.32. The van der Waals surface area contributed by atoms with E-state index in [0.29, 0.717) is 12.0 Å². The fourth-order valence-electron chi connectivity index (χ4n) is 3.20. The van der Waals surface area contributed by atoms with Gasteiger partial charge in [0.25, 0.3) is 0 Å². The lowest BCUT2D eigenvalue weighted by Gasteiger charge is -2.35. The topological polar surface area (TPSA) is 42.7 Å². The van der Waals surface area contributed by atoms with Crippen LogP contribution in [0.2, 0.25) is 0 Å². The van der Waals surface area contributed by atoms with Crippen molar-refractivity contribution in [1.29, 1.82) is 0 Å². The van der Waals surface area contributed by atoms with Crippen LogP contribution in [0, 0.1) is 11.8 Å². The molecule has 3 atom stereocenters. The molecule has 0 amide bonds. The minimum absolute atomic E-state index is 0.660. The van der Waals surface area contributed by atoms with Crippen LogP contribution in [0.1, 0.15) is 45.9 Å². The molecule has 0 radical (unpaired) electrons. The maximum atomic E-state index is 4.42. The largest absolute Gasteiger partial charge is 0.314 e. The van der Waals surface area contributed by atoms with Crippen molar-refractivity contribution in [1.82, 2.24) is 20.1 Å². The molecule has 0 spiro atoms. The minimum Gasteiger partial charge on any atom is -0.314 e. The first-order valence-corrected chi connectivity index (χ1v) is 7.34. The van der Waals surface area contributed by atoms with Crippen LogP contribution in [0.3, 0.4) is 0 Å². The Bertz CT molecular complexity index is 360. The summed E-state index contributed by atoms with van der Waals surface area (Å²) in [5, 5.41) is 7.92. The van der Waals surface area contributed by atoms with E-state index >= 15 is 0 Å². The molecule has 2 rings (SSSR count). The molecule has 1 aromatic heterocycles. The summed E-state index contributed by atoms with van der Waals surface area (Å²) in [4.78, 5) is 4.42. The Morgan fingerprint density at radius 1 is 1.39 bits per heavy atom. The zero-order valence-electron chi connectivity index (χ0n) is 11.9. The molecule has 1 heterocycles. The molecule has 18 heavy (non-hydrogen) atoms. The van der Waals surface area contributed by atoms with Crippen LogP contribution in [-0.4, -0.2) is 27.4 Å². The Hall–Kier alpha value is -0.900. The van der Waals surface area contributed by atoms with E-state index in [1.54, 1.807) is 6.33 Å². The fraction of sp³-hybridized carbons (Fsp3) is 0.857. The Balaban J connectivity index is 2.04. The average molecular weight is 250 g/mol. The van der Waals surface area contributed by atoms with Gasteiger partial charge in [-0.2, -0.15) is 5.10 Å². The van der Waals surface area contributed by atoms with E-state index in [0.717, 1.165) is 31.3 Å². The highest BCUT2D eigenvalue weighted by atomic mass is 15.3. The first-order valence-electron chi connectivity index (χ1n) is 7.34. The highest BCUT2D eigenvalue weighted by molar-refractivity contribution is 4.93. The van der Waals surface area contributed by atoms with Gasteiger partial charge in [0.2, 0.25) is 0 Å². The van der Waals surface area contributed by atoms with E-state index in [2.05, 4.69) is 36.2 Å². The van der Waals surface area contributed by atoms with Gasteiger partial charge in [0, 0.05) is 19.0 Å². The van der Waals surface area contributed by atoms with Gasteiger partial charge in [-0.1, -0.05) is 13.8 Å². The lowest BCUT2D eigenvalue weighted by molar-refractivity contribution is 0.210. The SMILES string of the molecule is CCNC1CCC(C)CC1Cc1ncnn1CC. The maximum Gasteiger partial charge on any atom is 0.138 e. The summed E-state index contributed by atoms with van der Waals surface area (Å²) in [5.41, 5.74) is 0. The van der Waals surface area contributed by atoms with Gasteiger partial charge >= 0.3 is 0 Å². The molecule has 1 aliphatic rings. The summed E-state index contributed by atoms with van der Waals surface area (Å²) in [6.45, 7) is 8.69. The predicted octanol–water partition coefficient (Wildman–Crippen LogP) is 2.25. The van der Waals surface area contributed by atoms with Crippen LogP contribution in [0.15, 0.2) is 6.33 Å². The molecule has 4 heteroatoms. The van der Waals surface area contributed by atoms with Gasteiger partial charge < -0.3 is 5.32 Å². The molecule has 1 fully saturated rings. The third-order valence-electron chi connectivity index (χ3n) is 4.15. The Morgan fingerprint density at radius 2 is 2.22 bits per heavy atom. The Kier molecular flexibility index (Phi) is 4.75. The molecule has 3 unspecified atom stereocenters. The van der Waals surface area contributed by atoms with E-state index in [-0.39, 0.29) is 0 Å². The highest BCUT2D eigenvalue weighted by Gasteiger charge is 2.29. The molecule has 0 aromatic carbocycles. The minimum atomic E-state index is 0.660. The van der Waals surface area contributed by atoms with Gasteiger partial charge in [0.15, 0.2) is 0 Å². The molecule has 1 aromatic rings. The van der Waals surface area contributed by atoms with Crippen molar-refractivity contribution >= 4 is 0 Å². The number of hydrogen-bond acceptors (Lipinski definition) is 3. The molecule has 4 nitrogen and oxygen atoms in total. The molecule has 0 bridgehead atoms. The first-order chi connectivity index (χ1) is 8.74. The zero-order valence-corrected chi connectivity index (χ0v) is 11.9. The summed E-state index contributed by atoms with van der Waals surface area (Å²) in [6.07, 6.45) is 6.73. The third kappa shape index (κ3) is 3.10. The average Bonchev–Trinajstić information content (AvgIpc) is 2.80. The first kappa shape index (κ1) is 13.5. The van der Waals surface area contributed by atoms with E-state index in [4.69, 9.17) is 0 Å². The van der Waals surface area contributed by atoms with Crippen molar-refractivity contribution in [3.63, 3.8) is 0 Å². The van der Waals surface area contributed by atoms with E-state index < -0.39 is 0 Å². The van der Waals surface area contributed by atoms with Crippen LogP contribution in [-0.2, 0) is 13.0 Å². The lowest BCUT2D eigenvalue weighted by atomic mass is 9.77. The van der Waals surface area contributed by atoms with Crippen molar-refractivity contribution in [3.8, 4) is 0 Å². The van der Waals surface area contributed by atoms with E-state index in [9.17, 15) is 0 Å². The predicted molar refractivity (Wildman–Crippen MR) is 73.4 cm³/mol. The molecule has 102 valence electrons. The van der Waals surface area contributed by atoms with Gasteiger partial charge in [-0.25, -0.2) is 4.98 Å². The fourth-order valence-corrected chi connectivity index (χ4v) is 3.20. The van der Waals surface area contributed by atoms with Crippen molar-refractivity contribution in [2.24, 2.45) is 11.8 Å². The second-order valence-corrected chi connectivity index (χ2v) is 5.54.